The van der Waals surface area contributed by atoms with Gasteiger partial charge in [0, 0.05) is 0 Å². The van der Waals surface area contributed by atoms with Crippen molar-refractivity contribution in [3.63, 3.8) is 0 Å². The molecule has 1 N–H and O–H groups in total. The van der Waals surface area contributed by atoms with Crippen LogP contribution in [0.1, 0.15) is 44.4 Å². The molecule has 0 aliphatic rings. The number of carbonyl (C=O) groups is 1. The molecule has 2 aromatic rings. The van der Waals surface area contributed by atoms with E-state index in [1.54, 1.807) is 12.1 Å². The third-order valence-corrected chi connectivity index (χ3v) is 4.33. The van der Waals surface area contributed by atoms with Crippen LogP contribution in [0.5, 0.6) is 5.75 Å². The number of benzene rings is 2. The summed E-state index contributed by atoms with van der Waals surface area (Å²) in [5.74, 6) is 0.394. The molecule has 1 amide bonds. The zero-order valence-corrected chi connectivity index (χ0v) is 15.1. The molecule has 0 aliphatic carbocycles. The average molecular weight is 346 g/mol. The van der Waals surface area contributed by atoms with E-state index < -0.39 is 6.10 Å². The van der Waals surface area contributed by atoms with Gasteiger partial charge in [-0.3, -0.25) is 4.79 Å². The van der Waals surface area contributed by atoms with Crippen LogP contribution in [-0.4, -0.2) is 12.0 Å². The van der Waals surface area contributed by atoms with E-state index in [9.17, 15) is 4.79 Å². The van der Waals surface area contributed by atoms with Crippen LogP contribution >= 0.6 is 11.6 Å². The van der Waals surface area contributed by atoms with Gasteiger partial charge >= 0.3 is 0 Å². The smallest absolute Gasteiger partial charge is 0.261 e. The summed E-state index contributed by atoms with van der Waals surface area (Å²) in [6.07, 6.45) is 1.01. The Kier molecular flexibility index (Phi) is 6.68. The van der Waals surface area contributed by atoms with Crippen molar-refractivity contribution in [2.75, 3.05) is 0 Å². The van der Waals surface area contributed by atoms with Gasteiger partial charge in [-0.2, -0.15) is 0 Å². The highest BCUT2D eigenvalue weighted by Gasteiger charge is 2.21. The lowest BCUT2D eigenvalue weighted by molar-refractivity contribution is -0.128. The molecule has 2 rings (SSSR count). The normalized spacial score (nSPS) is 13.2. The van der Waals surface area contributed by atoms with Crippen LogP contribution in [0, 0.1) is 0 Å². The Bertz CT molecular complexity index is 670. The Morgan fingerprint density at radius 2 is 1.79 bits per heavy atom. The summed E-state index contributed by atoms with van der Waals surface area (Å²) in [6, 6.07) is 15.4. The van der Waals surface area contributed by atoms with Gasteiger partial charge in [0.1, 0.15) is 5.75 Å². The SMILES string of the molecule is CCc1ccc(C(C)NC(=O)C(CC)Oc2ccccc2Cl)cc1. The Balaban J connectivity index is 2.01. The predicted octanol–water partition coefficient (Wildman–Crippen LogP) is 4.94. The van der Waals surface area contributed by atoms with Gasteiger partial charge in [0.15, 0.2) is 6.10 Å². The molecule has 0 fully saturated rings. The third-order valence-electron chi connectivity index (χ3n) is 4.02. The van der Waals surface area contributed by atoms with Gasteiger partial charge in [0.2, 0.25) is 0 Å². The number of aryl methyl sites for hydroxylation is 1. The number of para-hydroxylation sites is 1. The molecular weight excluding hydrogens is 322 g/mol. The first-order chi connectivity index (χ1) is 11.5. The lowest BCUT2D eigenvalue weighted by atomic mass is 10.0. The first-order valence-corrected chi connectivity index (χ1v) is 8.73. The fourth-order valence-electron chi connectivity index (χ4n) is 2.45. The fourth-order valence-corrected chi connectivity index (χ4v) is 2.63. The molecule has 2 atom stereocenters. The van der Waals surface area contributed by atoms with Gasteiger partial charge < -0.3 is 10.1 Å². The van der Waals surface area contributed by atoms with Crippen LogP contribution in [0.4, 0.5) is 0 Å². The van der Waals surface area contributed by atoms with E-state index in [0.29, 0.717) is 17.2 Å². The minimum Gasteiger partial charge on any atom is -0.479 e. The maximum absolute atomic E-state index is 12.5. The number of hydrogen-bond donors (Lipinski definition) is 1. The van der Waals surface area contributed by atoms with Crippen LogP contribution in [0.25, 0.3) is 0 Å². The topological polar surface area (TPSA) is 38.3 Å². The Hall–Kier alpha value is -2.00. The largest absolute Gasteiger partial charge is 0.479 e. The maximum atomic E-state index is 12.5. The zero-order valence-electron chi connectivity index (χ0n) is 14.4. The number of nitrogens with one attached hydrogen (secondary N) is 1. The minimum atomic E-state index is -0.567. The van der Waals surface area contributed by atoms with Crippen LogP contribution < -0.4 is 10.1 Å². The minimum absolute atomic E-state index is 0.0766. The monoisotopic (exact) mass is 345 g/mol. The quantitative estimate of drug-likeness (QED) is 0.772. The summed E-state index contributed by atoms with van der Waals surface area (Å²) in [6.45, 7) is 6.01. The lowest BCUT2D eigenvalue weighted by Crippen LogP contribution is -2.39. The third kappa shape index (κ3) is 4.75. The lowest BCUT2D eigenvalue weighted by Gasteiger charge is -2.21. The first-order valence-electron chi connectivity index (χ1n) is 8.35. The maximum Gasteiger partial charge on any atom is 0.261 e. The Labute approximate surface area is 149 Å². The molecule has 0 spiro atoms. The molecule has 2 unspecified atom stereocenters. The van der Waals surface area contributed by atoms with Crippen molar-refractivity contribution in [1.82, 2.24) is 5.32 Å². The van der Waals surface area contributed by atoms with E-state index >= 15 is 0 Å². The van der Waals surface area contributed by atoms with E-state index in [1.807, 2.05) is 26.0 Å². The highest BCUT2D eigenvalue weighted by molar-refractivity contribution is 6.32. The summed E-state index contributed by atoms with van der Waals surface area (Å²) < 4.78 is 5.79. The van der Waals surface area contributed by atoms with Crippen molar-refractivity contribution in [1.29, 1.82) is 0 Å². The fraction of sp³-hybridized carbons (Fsp3) is 0.350. The Morgan fingerprint density at radius 1 is 1.12 bits per heavy atom. The van der Waals surface area contributed by atoms with Crippen molar-refractivity contribution in [2.24, 2.45) is 0 Å². The second-order valence-corrected chi connectivity index (χ2v) is 6.18. The first kappa shape index (κ1) is 18.3. The van der Waals surface area contributed by atoms with E-state index in [-0.39, 0.29) is 11.9 Å². The second-order valence-electron chi connectivity index (χ2n) is 5.77. The molecule has 0 radical (unpaired) electrons. The van der Waals surface area contributed by atoms with Gasteiger partial charge in [-0.25, -0.2) is 0 Å². The molecule has 2 aromatic carbocycles. The van der Waals surface area contributed by atoms with E-state index in [0.717, 1.165) is 12.0 Å². The van der Waals surface area contributed by atoms with Crippen LogP contribution in [0.15, 0.2) is 48.5 Å². The zero-order chi connectivity index (χ0) is 17.5. The van der Waals surface area contributed by atoms with E-state index in [1.165, 1.54) is 5.56 Å². The van der Waals surface area contributed by atoms with E-state index in [4.69, 9.17) is 16.3 Å². The standard InChI is InChI=1S/C20H24ClNO2/c1-4-15-10-12-16(13-11-15)14(3)22-20(23)18(5-2)24-19-9-7-6-8-17(19)21/h6-14,18H,4-5H2,1-3H3,(H,22,23). The summed E-state index contributed by atoms with van der Waals surface area (Å²) >= 11 is 6.10. The van der Waals surface area contributed by atoms with Crippen LogP contribution in [0.3, 0.4) is 0 Å². The number of ether oxygens (including phenoxy) is 1. The molecule has 4 heteroatoms. The van der Waals surface area contributed by atoms with Crippen LogP contribution in [-0.2, 0) is 11.2 Å². The highest BCUT2D eigenvalue weighted by Crippen LogP contribution is 2.25. The summed E-state index contributed by atoms with van der Waals surface area (Å²) in [5.41, 5.74) is 2.36. The molecule has 0 heterocycles. The molecule has 0 bridgehead atoms. The van der Waals surface area contributed by atoms with Crippen molar-refractivity contribution < 1.29 is 9.53 Å². The summed E-state index contributed by atoms with van der Waals surface area (Å²) in [5, 5.41) is 3.52. The van der Waals surface area contributed by atoms with Gasteiger partial charge in [-0.05, 0) is 43.0 Å². The van der Waals surface area contributed by atoms with Gasteiger partial charge in [0.25, 0.3) is 5.91 Å². The molecule has 0 aliphatic heterocycles. The molecule has 24 heavy (non-hydrogen) atoms. The molecule has 0 aromatic heterocycles. The van der Waals surface area contributed by atoms with Crippen molar-refractivity contribution >= 4 is 17.5 Å². The summed E-state index contributed by atoms with van der Waals surface area (Å²) in [7, 11) is 0. The van der Waals surface area contributed by atoms with Crippen molar-refractivity contribution in [3.05, 3.63) is 64.7 Å². The molecular formula is C20H24ClNO2. The van der Waals surface area contributed by atoms with Gasteiger partial charge in [-0.1, -0.05) is 61.8 Å². The van der Waals surface area contributed by atoms with Crippen molar-refractivity contribution in [2.45, 2.75) is 45.8 Å². The molecule has 0 saturated carbocycles. The number of amides is 1. The number of hydrogen-bond acceptors (Lipinski definition) is 2. The van der Waals surface area contributed by atoms with E-state index in [2.05, 4.69) is 36.5 Å². The molecule has 128 valence electrons. The second kappa shape index (κ2) is 8.74. The predicted molar refractivity (Wildman–Crippen MR) is 98.5 cm³/mol. The summed E-state index contributed by atoms with van der Waals surface area (Å²) in [4.78, 5) is 12.5. The van der Waals surface area contributed by atoms with Crippen molar-refractivity contribution in [3.8, 4) is 5.75 Å². The van der Waals surface area contributed by atoms with Gasteiger partial charge in [-0.15, -0.1) is 0 Å². The molecule has 0 saturated heterocycles. The molecule has 3 nitrogen and oxygen atoms in total. The Morgan fingerprint density at radius 3 is 2.38 bits per heavy atom. The van der Waals surface area contributed by atoms with Crippen LogP contribution in [0.2, 0.25) is 5.02 Å². The number of carbonyl (C=O) groups excluding carboxylic acids is 1. The highest BCUT2D eigenvalue weighted by atomic mass is 35.5. The number of rotatable bonds is 7. The van der Waals surface area contributed by atoms with Gasteiger partial charge in [0.05, 0.1) is 11.1 Å². The number of halogens is 1. The average Bonchev–Trinajstić information content (AvgIpc) is 2.61.